The molecular weight excluding hydrogens is 416 g/mol. The summed E-state index contributed by atoms with van der Waals surface area (Å²) in [5.41, 5.74) is 4.15. The van der Waals surface area contributed by atoms with Crippen molar-refractivity contribution >= 4 is 23.1 Å². The Balaban J connectivity index is 1.89. The number of benzene rings is 2. The summed E-state index contributed by atoms with van der Waals surface area (Å²) in [6, 6.07) is 11.1. The third-order valence-electron chi connectivity index (χ3n) is 6.73. The van der Waals surface area contributed by atoms with Crippen molar-refractivity contribution in [3.63, 3.8) is 0 Å². The van der Waals surface area contributed by atoms with E-state index in [-0.39, 0.29) is 11.8 Å². The fraction of sp³-hybridized carbons (Fsp3) is 0.407. The Kier molecular flexibility index (Phi) is 6.19. The summed E-state index contributed by atoms with van der Waals surface area (Å²) in [5.74, 6) is 1.40. The molecule has 2 aliphatic rings. The third kappa shape index (κ3) is 3.99. The Hall–Kier alpha value is -3.28. The number of aryl methyl sites for hydroxylation is 1. The first-order valence-corrected chi connectivity index (χ1v) is 11.4. The number of carbonyl (C=O) groups is 2. The van der Waals surface area contributed by atoms with Crippen LogP contribution in [0.3, 0.4) is 0 Å². The molecule has 2 unspecified atom stereocenters. The number of rotatable bonds is 5. The lowest BCUT2D eigenvalue weighted by Crippen LogP contribution is -2.42. The zero-order valence-corrected chi connectivity index (χ0v) is 20.3. The number of hydrogen-bond acceptors (Lipinski definition) is 5. The third-order valence-corrected chi connectivity index (χ3v) is 6.73. The van der Waals surface area contributed by atoms with Crippen LogP contribution in [0, 0.1) is 25.7 Å². The maximum Gasteiger partial charge on any atom is 0.282 e. The van der Waals surface area contributed by atoms with E-state index >= 15 is 0 Å². The Morgan fingerprint density at radius 3 is 2.18 bits per heavy atom. The van der Waals surface area contributed by atoms with Gasteiger partial charge in [0, 0.05) is 13.1 Å². The van der Waals surface area contributed by atoms with Gasteiger partial charge in [0.15, 0.2) is 11.5 Å². The van der Waals surface area contributed by atoms with Crippen molar-refractivity contribution < 1.29 is 19.1 Å². The lowest BCUT2D eigenvalue weighted by Gasteiger charge is -2.37. The van der Waals surface area contributed by atoms with E-state index in [1.807, 2.05) is 38.1 Å². The molecule has 2 heterocycles. The lowest BCUT2D eigenvalue weighted by molar-refractivity contribution is -0.120. The van der Waals surface area contributed by atoms with Crippen molar-refractivity contribution in [1.82, 2.24) is 4.90 Å². The molecule has 2 aromatic rings. The molecule has 2 atom stereocenters. The fourth-order valence-corrected chi connectivity index (χ4v) is 5.11. The number of piperidine rings is 1. The van der Waals surface area contributed by atoms with Crippen LogP contribution in [0.4, 0.5) is 5.69 Å². The smallest absolute Gasteiger partial charge is 0.282 e. The first kappa shape index (κ1) is 22.9. The molecule has 0 N–H and O–H groups in total. The molecule has 2 amide bonds. The van der Waals surface area contributed by atoms with Gasteiger partial charge in [-0.2, -0.15) is 0 Å². The molecule has 6 nitrogen and oxygen atoms in total. The molecule has 0 aliphatic carbocycles. The van der Waals surface area contributed by atoms with Gasteiger partial charge in [-0.25, -0.2) is 4.90 Å². The van der Waals surface area contributed by atoms with E-state index in [4.69, 9.17) is 9.47 Å². The van der Waals surface area contributed by atoms with Gasteiger partial charge in [0.1, 0.15) is 5.70 Å². The maximum atomic E-state index is 13.9. The normalized spacial score (nSPS) is 21.2. The van der Waals surface area contributed by atoms with Crippen molar-refractivity contribution in [3.8, 4) is 11.5 Å². The fourth-order valence-electron chi connectivity index (χ4n) is 5.11. The topological polar surface area (TPSA) is 59.1 Å². The zero-order chi connectivity index (χ0) is 23.9. The van der Waals surface area contributed by atoms with Gasteiger partial charge >= 0.3 is 0 Å². The zero-order valence-electron chi connectivity index (χ0n) is 20.3. The van der Waals surface area contributed by atoms with E-state index in [1.165, 1.54) is 4.90 Å². The summed E-state index contributed by atoms with van der Waals surface area (Å²) >= 11 is 0. The SMILES string of the molecule is COc1ccc(C2=C(N3CC(C)CC(C)C3)C(=O)N(c3cccc(C)c3C)C2=O)cc1OC. The monoisotopic (exact) mass is 448 g/mol. The molecule has 1 fully saturated rings. The molecule has 0 saturated carbocycles. The molecular formula is C27H32N2O4. The van der Waals surface area contributed by atoms with Crippen LogP contribution in [0.5, 0.6) is 11.5 Å². The van der Waals surface area contributed by atoms with Gasteiger partial charge < -0.3 is 14.4 Å². The van der Waals surface area contributed by atoms with E-state index in [9.17, 15) is 9.59 Å². The van der Waals surface area contributed by atoms with Gasteiger partial charge in [0.25, 0.3) is 11.8 Å². The number of ether oxygens (including phenoxy) is 2. The number of likely N-dealkylation sites (tertiary alicyclic amines) is 1. The van der Waals surface area contributed by atoms with E-state index < -0.39 is 0 Å². The molecule has 0 aromatic heterocycles. The van der Waals surface area contributed by atoms with Gasteiger partial charge in [0.05, 0.1) is 25.5 Å². The molecule has 174 valence electrons. The summed E-state index contributed by atoms with van der Waals surface area (Å²) in [6.07, 6.45) is 1.11. The standard InChI is InChI=1S/C27H32N2O4/c1-16-12-17(2)15-28(14-16)25-24(20-10-11-22(32-5)23(13-20)33-6)26(30)29(27(25)31)21-9-7-8-18(3)19(21)4/h7-11,13,16-17H,12,14-15H2,1-6H3. The van der Waals surface area contributed by atoms with Crippen molar-refractivity contribution in [2.45, 2.75) is 34.1 Å². The van der Waals surface area contributed by atoms with Crippen LogP contribution in [0.2, 0.25) is 0 Å². The van der Waals surface area contributed by atoms with Gasteiger partial charge in [-0.15, -0.1) is 0 Å². The highest BCUT2D eigenvalue weighted by atomic mass is 16.5. The molecule has 0 spiro atoms. The van der Waals surface area contributed by atoms with E-state index in [1.54, 1.807) is 26.4 Å². The van der Waals surface area contributed by atoms with Crippen LogP contribution in [-0.4, -0.2) is 44.0 Å². The van der Waals surface area contributed by atoms with Crippen molar-refractivity contribution in [2.24, 2.45) is 11.8 Å². The Labute approximate surface area is 195 Å². The Morgan fingerprint density at radius 1 is 0.879 bits per heavy atom. The number of amides is 2. The largest absolute Gasteiger partial charge is 0.493 e. The summed E-state index contributed by atoms with van der Waals surface area (Å²) in [5, 5.41) is 0. The Morgan fingerprint density at radius 2 is 1.55 bits per heavy atom. The highest BCUT2D eigenvalue weighted by Crippen LogP contribution is 2.40. The second-order valence-electron chi connectivity index (χ2n) is 9.31. The highest BCUT2D eigenvalue weighted by Gasteiger charge is 2.44. The lowest BCUT2D eigenvalue weighted by atomic mass is 9.91. The minimum absolute atomic E-state index is 0.264. The first-order chi connectivity index (χ1) is 15.8. The van der Waals surface area contributed by atoms with Crippen LogP contribution in [0.25, 0.3) is 5.57 Å². The number of imide groups is 1. The number of hydrogen-bond donors (Lipinski definition) is 0. The van der Waals surface area contributed by atoms with Crippen LogP contribution >= 0.6 is 0 Å². The number of anilines is 1. The predicted molar refractivity (Wildman–Crippen MR) is 129 cm³/mol. The number of methoxy groups -OCH3 is 2. The molecule has 4 rings (SSSR count). The molecule has 0 radical (unpaired) electrons. The van der Waals surface area contributed by atoms with Crippen molar-refractivity contribution in [1.29, 1.82) is 0 Å². The first-order valence-electron chi connectivity index (χ1n) is 11.4. The highest BCUT2D eigenvalue weighted by molar-refractivity contribution is 6.45. The van der Waals surface area contributed by atoms with Gasteiger partial charge in [-0.1, -0.05) is 32.0 Å². The average molecular weight is 449 g/mol. The van der Waals surface area contributed by atoms with Gasteiger partial charge in [-0.05, 0) is 67.0 Å². The van der Waals surface area contributed by atoms with Crippen LogP contribution < -0.4 is 14.4 Å². The van der Waals surface area contributed by atoms with Crippen LogP contribution in [-0.2, 0) is 9.59 Å². The number of nitrogens with zero attached hydrogens (tertiary/aromatic N) is 2. The minimum atomic E-state index is -0.304. The van der Waals surface area contributed by atoms with Gasteiger partial charge in [-0.3, -0.25) is 9.59 Å². The molecule has 0 bridgehead atoms. The quantitative estimate of drug-likeness (QED) is 0.627. The summed E-state index contributed by atoms with van der Waals surface area (Å²) in [4.78, 5) is 31.3. The average Bonchev–Trinajstić information content (AvgIpc) is 3.04. The van der Waals surface area contributed by atoms with Gasteiger partial charge in [0.2, 0.25) is 0 Å². The van der Waals surface area contributed by atoms with E-state index in [0.29, 0.717) is 45.9 Å². The molecule has 6 heteroatoms. The minimum Gasteiger partial charge on any atom is -0.493 e. The predicted octanol–water partition coefficient (Wildman–Crippen LogP) is 4.58. The second-order valence-corrected chi connectivity index (χ2v) is 9.31. The molecule has 33 heavy (non-hydrogen) atoms. The van der Waals surface area contributed by atoms with E-state index in [2.05, 4.69) is 18.7 Å². The van der Waals surface area contributed by atoms with E-state index in [0.717, 1.165) is 30.6 Å². The molecule has 1 saturated heterocycles. The maximum absolute atomic E-state index is 13.9. The summed E-state index contributed by atoms with van der Waals surface area (Å²) in [6.45, 7) is 9.82. The van der Waals surface area contributed by atoms with Crippen molar-refractivity contribution in [3.05, 3.63) is 58.8 Å². The molecule has 2 aliphatic heterocycles. The Bertz CT molecular complexity index is 1130. The number of carbonyl (C=O) groups excluding carboxylic acids is 2. The summed E-state index contributed by atoms with van der Waals surface area (Å²) in [7, 11) is 3.14. The molecule has 2 aromatic carbocycles. The second kappa shape index (κ2) is 8.93. The summed E-state index contributed by atoms with van der Waals surface area (Å²) < 4.78 is 10.9. The van der Waals surface area contributed by atoms with Crippen molar-refractivity contribution in [2.75, 3.05) is 32.2 Å². The van der Waals surface area contributed by atoms with Crippen LogP contribution in [0.1, 0.15) is 37.0 Å². The van der Waals surface area contributed by atoms with Crippen LogP contribution in [0.15, 0.2) is 42.1 Å².